The molecule has 1 aromatic carbocycles. The summed E-state index contributed by atoms with van der Waals surface area (Å²) >= 11 is 5.98. The number of furan rings is 1. The van der Waals surface area contributed by atoms with Crippen LogP contribution in [-0.2, 0) is 4.74 Å². The molecule has 5 heteroatoms. The molecule has 0 unspecified atom stereocenters. The Hall–Kier alpha value is -1.52. The number of nitrogens with zero attached hydrogens (tertiary/aromatic N) is 1. The van der Waals surface area contributed by atoms with Crippen molar-refractivity contribution in [2.24, 2.45) is 5.92 Å². The number of hydrogen-bond donors (Lipinski definition) is 0. The zero-order valence-electron chi connectivity index (χ0n) is 12.4. The van der Waals surface area contributed by atoms with Crippen LogP contribution in [-0.4, -0.2) is 36.1 Å². The van der Waals surface area contributed by atoms with Crippen LogP contribution in [0.2, 0.25) is 5.02 Å². The number of fused-ring (bicyclic) bond motifs is 2. The molecule has 4 rings (SSSR count). The summed E-state index contributed by atoms with van der Waals surface area (Å²) in [4.78, 5) is 14.6. The summed E-state index contributed by atoms with van der Waals surface area (Å²) in [7, 11) is 0. The second kappa shape index (κ2) is 5.28. The number of carbonyl (C=O) groups excluding carboxylic acids is 1. The van der Waals surface area contributed by atoms with E-state index in [1.807, 2.05) is 11.0 Å². The topological polar surface area (TPSA) is 42.7 Å². The van der Waals surface area contributed by atoms with Gasteiger partial charge in [-0.2, -0.15) is 0 Å². The van der Waals surface area contributed by atoms with E-state index < -0.39 is 0 Å². The molecule has 0 N–H and O–H groups in total. The minimum absolute atomic E-state index is 0.0367. The molecule has 2 saturated heterocycles. The number of amides is 1. The molecule has 1 amide bonds. The first-order valence-corrected chi connectivity index (χ1v) is 8.12. The summed E-state index contributed by atoms with van der Waals surface area (Å²) in [6, 6.07) is 7.16. The van der Waals surface area contributed by atoms with E-state index in [9.17, 15) is 4.79 Å². The van der Waals surface area contributed by atoms with Crippen LogP contribution in [0.15, 0.2) is 28.7 Å². The molecule has 0 bridgehead atoms. The Balaban J connectivity index is 1.55. The summed E-state index contributed by atoms with van der Waals surface area (Å²) in [6.07, 6.45) is 2.56. The van der Waals surface area contributed by atoms with Crippen LogP contribution in [0, 0.1) is 5.92 Å². The van der Waals surface area contributed by atoms with Crippen LogP contribution in [0.25, 0.3) is 11.0 Å². The van der Waals surface area contributed by atoms with E-state index in [0.717, 1.165) is 31.3 Å². The van der Waals surface area contributed by atoms with E-state index in [1.54, 1.807) is 18.2 Å². The first kappa shape index (κ1) is 14.1. The van der Waals surface area contributed by atoms with Crippen LogP contribution >= 0.6 is 11.6 Å². The van der Waals surface area contributed by atoms with Gasteiger partial charge in [0.15, 0.2) is 5.76 Å². The van der Waals surface area contributed by atoms with Gasteiger partial charge in [-0.15, -0.1) is 0 Å². The summed E-state index contributed by atoms with van der Waals surface area (Å²) in [6.45, 7) is 3.59. The maximum atomic E-state index is 12.7. The van der Waals surface area contributed by atoms with Crippen molar-refractivity contribution < 1.29 is 13.9 Å². The summed E-state index contributed by atoms with van der Waals surface area (Å²) in [5, 5.41) is 1.51. The fourth-order valence-corrected chi connectivity index (χ4v) is 3.84. The highest BCUT2D eigenvalue weighted by atomic mass is 35.5. The molecule has 22 heavy (non-hydrogen) atoms. The standard InChI is InChI=1S/C17H18ClNO3/c1-10-6-12-9-19(5-4-15(12)21-10)17(20)16-8-11-7-13(18)2-3-14(11)22-16/h2-3,7-8,10,12,15H,4-6,9H2,1H3/t10-,12-,15-/m0/s1. The molecule has 2 aliphatic rings. The van der Waals surface area contributed by atoms with Crippen molar-refractivity contribution in [2.75, 3.05) is 13.1 Å². The van der Waals surface area contributed by atoms with Gasteiger partial charge in [-0.1, -0.05) is 11.6 Å². The molecule has 0 saturated carbocycles. The van der Waals surface area contributed by atoms with Gasteiger partial charge in [-0.25, -0.2) is 0 Å². The second-order valence-corrected chi connectivity index (χ2v) is 6.75. The van der Waals surface area contributed by atoms with Crippen LogP contribution in [0.5, 0.6) is 0 Å². The number of benzene rings is 1. The minimum Gasteiger partial charge on any atom is -0.451 e. The van der Waals surface area contributed by atoms with Gasteiger partial charge in [0.25, 0.3) is 5.91 Å². The number of carbonyl (C=O) groups is 1. The minimum atomic E-state index is -0.0367. The third-order valence-corrected chi connectivity index (χ3v) is 4.92. The van der Waals surface area contributed by atoms with E-state index in [0.29, 0.717) is 34.5 Å². The number of likely N-dealkylation sites (tertiary alicyclic amines) is 1. The third-order valence-electron chi connectivity index (χ3n) is 4.68. The van der Waals surface area contributed by atoms with Gasteiger partial charge < -0.3 is 14.1 Å². The van der Waals surface area contributed by atoms with Gasteiger partial charge in [0.05, 0.1) is 12.2 Å². The van der Waals surface area contributed by atoms with E-state index in [4.69, 9.17) is 20.8 Å². The molecule has 2 fully saturated rings. The largest absolute Gasteiger partial charge is 0.451 e. The summed E-state index contributed by atoms with van der Waals surface area (Å²) < 4.78 is 11.6. The summed E-state index contributed by atoms with van der Waals surface area (Å²) in [5.41, 5.74) is 0.695. The Morgan fingerprint density at radius 2 is 2.23 bits per heavy atom. The zero-order chi connectivity index (χ0) is 15.3. The number of ether oxygens (including phenoxy) is 1. The Kier molecular flexibility index (Phi) is 3.39. The van der Waals surface area contributed by atoms with Crippen molar-refractivity contribution >= 4 is 28.5 Å². The summed E-state index contributed by atoms with van der Waals surface area (Å²) in [5.74, 6) is 0.805. The molecule has 2 aliphatic heterocycles. The molecule has 4 nitrogen and oxygen atoms in total. The van der Waals surface area contributed by atoms with Gasteiger partial charge >= 0.3 is 0 Å². The molecule has 3 heterocycles. The number of piperidine rings is 1. The first-order chi connectivity index (χ1) is 10.6. The lowest BCUT2D eigenvalue weighted by molar-refractivity contribution is 0.00790. The highest BCUT2D eigenvalue weighted by Gasteiger charge is 2.39. The normalized spacial score (nSPS) is 28.1. The Morgan fingerprint density at radius 1 is 1.36 bits per heavy atom. The monoisotopic (exact) mass is 319 g/mol. The SMILES string of the molecule is C[C@H]1C[C@H]2CN(C(=O)c3cc4cc(Cl)ccc4o3)CC[C@@H]2O1. The molecular formula is C17H18ClNO3. The second-order valence-electron chi connectivity index (χ2n) is 6.31. The quantitative estimate of drug-likeness (QED) is 0.804. The third kappa shape index (κ3) is 2.40. The zero-order valence-corrected chi connectivity index (χ0v) is 13.2. The number of rotatable bonds is 1. The highest BCUT2D eigenvalue weighted by Crippen LogP contribution is 2.33. The Labute approximate surface area is 134 Å². The molecule has 1 aromatic heterocycles. The van der Waals surface area contributed by atoms with E-state index in [1.165, 1.54) is 0 Å². The number of halogens is 1. The van der Waals surface area contributed by atoms with E-state index in [2.05, 4.69) is 6.92 Å². The van der Waals surface area contributed by atoms with Crippen molar-refractivity contribution in [1.29, 1.82) is 0 Å². The van der Waals surface area contributed by atoms with Crippen LogP contribution < -0.4 is 0 Å². The van der Waals surface area contributed by atoms with Gasteiger partial charge in [0, 0.05) is 29.4 Å². The Bertz CT molecular complexity index is 726. The first-order valence-electron chi connectivity index (χ1n) is 7.74. The fraction of sp³-hybridized carbons (Fsp3) is 0.471. The van der Waals surface area contributed by atoms with Gasteiger partial charge in [-0.3, -0.25) is 4.79 Å². The number of hydrogen-bond acceptors (Lipinski definition) is 3. The van der Waals surface area contributed by atoms with Crippen molar-refractivity contribution in [3.63, 3.8) is 0 Å². The van der Waals surface area contributed by atoms with Crippen molar-refractivity contribution in [2.45, 2.75) is 32.0 Å². The molecule has 0 spiro atoms. The predicted molar refractivity (Wildman–Crippen MR) is 84.2 cm³/mol. The lowest BCUT2D eigenvalue weighted by atomic mass is 9.93. The van der Waals surface area contributed by atoms with Crippen LogP contribution in [0.4, 0.5) is 0 Å². The van der Waals surface area contributed by atoms with Crippen molar-refractivity contribution in [1.82, 2.24) is 4.90 Å². The molecule has 3 atom stereocenters. The van der Waals surface area contributed by atoms with Gasteiger partial charge in [0.2, 0.25) is 0 Å². The average molecular weight is 320 g/mol. The van der Waals surface area contributed by atoms with E-state index in [-0.39, 0.29) is 5.91 Å². The maximum absolute atomic E-state index is 12.7. The highest BCUT2D eigenvalue weighted by molar-refractivity contribution is 6.31. The van der Waals surface area contributed by atoms with Crippen molar-refractivity contribution in [3.05, 3.63) is 35.0 Å². The molecule has 0 radical (unpaired) electrons. The molecule has 0 aliphatic carbocycles. The molecule has 116 valence electrons. The van der Waals surface area contributed by atoms with Crippen LogP contribution in [0.3, 0.4) is 0 Å². The lowest BCUT2D eigenvalue weighted by Crippen LogP contribution is -2.44. The molecule has 2 aromatic rings. The van der Waals surface area contributed by atoms with Gasteiger partial charge in [-0.05, 0) is 44.0 Å². The average Bonchev–Trinajstić information content (AvgIpc) is 3.07. The fourth-order valence-electron chi connectivity index (χ4n) is 3.66. The van der Waals surface area contributed by atoms with Crippen molar-refractivity contribution in [3.8, 4) is 0 Å². The Morgan fingerprint density at radius 3 is 3.09 bits per heavy atom. The predicted octanol–water partition coefficient (Wildman–Crippen LogP) is 3.73. The van der Waals surface area contributed by atoms with Crippen LogP contribution in [0.1, 0.15) is 30.3 Å². The molecular weight excluding hydrogens is 302 g/mol. The van der Waals surface area contributed by atoms with Gasteiger partial charge in [0.1, 0.15) is 5.58 Å². The lowest BCUT2D eigenvalue weighted by Gasteiger charge is -2.33. The smallest absolute Gasteiger partial charge is 0.289 e. The van der Waals surface area contributed by atoms with E-state index >= 15 is 0 Å². The maximum Gasteiger partial charge on any atom is 0.289 e.